The zero-order valence-electron chi connectivity index (χ0n) is 18.4. The van der Waals surface area contributed by atoms with Crippen LogP contribution >= 0.6 is 23.1 Å². The Hall–Kier alpha value is -3.43. The number of aryl methyl sites for hydroxylation is 1. The number of anilines is 1. The molecule has 0 radical (unpaired) electrons. The maximum atomic E-state index is 12.2. The lowest BCUT2D eigenvalue weighted by atomic mass is 10.2. The number of nitrogens with zero attached hydrogens (tertiary/aromatic N) is 3. The van der Waals surface area contributed by atoms with Crippen LogP contribution in [-0.2, 0) is 4.79 Å². The van der Waals surface area contributed by atoms with Gasteiger partial charge >= 0.3 is 0 Å². The molecule has 1 amide bonds. The first-order valence-electron chi connectivity index (χ1n) is 10.1. The maximum absolute atomic E-state index is 12.2. The van der Waals surface area contributed by atoms with Gasteiger partial charge in [-0.3, -0.25) is 4.79 Å². The van der Waals surface area contributed by atoms with Gasteiger partial charge < -0.3 is 14.8 Å². The number of ether oxygens (including phenoxy) is 2. The Kier molecular flexibility index (Phi) is 7.21. The molecular formula is C24H22N4O3S2. The fourth-order valence-corrected chi connectivity index (χ4v) is 4.68. The van der Waals surface area contributed by atoms with Crippen LogP contribution in [0.4, 0.5) is 5.69 Å². The number of aromatic nitrogens is 3. The number of hydrogen-bond acceptors (Lipinski definition) is 8. The molecule has 0 aliphatic carbocycles. The number of carbonyl (C=O) groups excluding carboxylic acids is 1. The third-order valence-corrected chi connectivity index (χ3v) is 6.86. The van der Waals surface area contributed by atoms with Crippen molar-refractivity contribution in [2.24, 2.45) is 0 Å². The van der Waals surface area contributed by atoms with Gasteiger partial charge in [0, 0.05) is 11.3 Å². The molecular weight excluding hydrogens is 456 g/mol. The lowest BCUT2D eigenvalue weighted by Gasteiger charge is -2.06. The first-order chi connectivity index (χ1) is 16.1. The number of nitrogens with one attached hydrogen (secondary N) is 1. The van der Waals surface area contributed by atoms with E-state index in [0.717, 1.165) is 44.0 Å². The fraction of sp³-hybridized carbons (Fsp3) is 0.167. The summed E-state index contributed by atoms with van der Waals surface area (Å²) in [4.78, 5) is 17.9. The fourth-order valence-electron chi connectivity index (χ4n) is 3.04. The topological polar surface area (TPSA) is 86.2 Å². The van der Waals surface area contributed by atoms with Crippen LogP contribution in [0.25, 0.3) is 21.1 Å². The van der Waals surface area contributed by atoms with Crippen molar-refractivity contribution in [2.45, 2.75) is 11.9 Å². The minimum absolute atomic E-state index is 0.114. The number of thioether (sulfide) groups is 1. The number of benzene rings is 2. The zero-order chi connectivity index (χ0) is 23.2. The third kappa shape index (κ3) is 5.68. The minimum atomic E-state index is -0.114. The number of carbonyl (C=O) groups is 1. The molecule has 4 aromatic rings. The molecule has 0 spiro atoms. The van der Waals surface area contributed by atoms with Gasteiger partial charge in [-0.15, -0.1) is 21.5 Å². The lowest BCUT2D eigenvalue weighted by molar-refractivity contribution is -0.113. The molecule has 0 fully saturated rings. The zero-order valence-corrected chi connectivity index (χ0v) is 20.0. The standard InChI is InChI=1S/C24H22N4O3S2/c1-15-23(33-24(25-15)16-5-4-6-19(13-16)31-3)20-11-12-22(28-27-20)32-14-21(29)26-17-7-9-18(30-2)10-8-17/h4-13H,14H2,1-3H3,(H,26,29). The lowest BCUT2D eigenvalue weighted by Crippen LogP contribution is -2.14. The molecule has 2 heterocycles. The molecule has 0 aliphatic heterocycles. The summed E-state index contributed by atoms with van der Waals surface area (Å²) < 4.78 is 10.4. The second-order valence-electron chi connectivity index (χ2n) is 6.99. The predicted octanol–water partition coefficient (Wildman–Crippen LogP) is 5.32. The van der Waals surface area contributed by atoms with Crippen molar-refractivity contribution < 1.29 is 14.3 Å². The second kappa shape index (κ2) is 10.5. The van der Waals surface area contributed by atoms with Crippen molar-refractivity contribution in [3.8, 4) is 32.6 Å². The Labute approximate surface area is 200 Å². The van der Waals surface area contributed by atoms with Gasteiger partial charge in [0.05, 0.1) is 30.5 Å². The third-order valence-electron chi connectivity index (χ3n) is 4.71. The molecule has 0 atom stereocenters. The highest BCUT2D eigenvalue weighted by Crippen LogP contribution is 2.35. The van der Waals surface area contributed by atoms with Crippen LogP contribution in [0.1, 0.15) is 5.69 Å². The molecule has 0 bridgehead atoms. The minimum Gasteiger partial charge on any atom is -0.497 e. The summed E-state index contributed by atoms with van der Waals surface area (Å²) in [6.45, 7) is 1.96. The highest BCUT2D eigenvalue weighted by atomic mass is 32.2. The Morgan fingerprint density at radius 1 is 1.00 bits per heavy atom. The monoisotopic (exact) mass is 478 g/mol. The predicted molar refractivity (Wildman–Crippen MR) is 132 cm³/mol. The van der Waals surface area contributed by atoms with Crippen LogP contribution < -0.4 is 14.8 Å². The van der Waals surface area contributed by atoms with Crippen LogP contribution in [0.15, 0.2) is 65.7 Å². The molecule has 168 valence electrons. The van der Waals surface area contributed by atoms with Crippen LogP contribution in [0.3, 0.4) is 0 Å². The number of methoxy groups -OCH3 is 2. The van der Waals surface area contributed by atoms with E-state index in [-0.39, 0.29) is 11.7 Å². The highest BCUT2D eigenvalue weighted by Gasteiger charge is 2.14. The van der Waals surface area contributed by atoms with Crippen molar-refractivity contribution in [3.05, 3.63) is 66.4 Å². The van der Waals surface area contributed by atoms with E-state index in [0.29, 0.717) is 5.03 Å². The van der Waals surface area contributed by atoms with E-state index >= 15 is 0 Å². The van der Waals surface area contributed by atoms with Crippen molar-refractivity contribution in [3.63, 3.8) is 0 Å². The molecule has 0 saturated heterocycles. The van der Waals surface area contributed by atoms with Crippen molar-refractivity contribution in [2.75, 3.05) is 25.3 Å². The number of rotatable bonds is 8. The Morgan fingerprint density at radius 2 is 1.79 bits per heavy atom. The van der Waals surface area contributed by atoms with Crippen molar-refractivity contribution in [1.29, 1.82) is 0 Å². The number of thiazole rings is 1. The molecule has 2 aromatic heterocycles. The quantitative estimate of drug-likeness (QED) is 0.343. The Balaban J connectivity index is 1.39. The van der Waals surface area contributed by atoms with Gasteiger partial charge in [-0.05, 0) is 55.5 Å². The van der Waals surface area contributed by atoms with Crippen LogP contribution in [-0.4, -0.2) is 41.1 Å². The van der Waals surface area contributed by atoms with Gasteiger partial charge in [0.25, 0.3) is 0 Å². The molecule has 1 N–H and O–H groups in total. The molecule has 9 heteroatoms. The van der Waals surface area contributed by atoms with E-state index in [1.807, 2.05) is 43.3 Å². The van der Waals surface area contributed by atoms with Gasteiger partial charge in [0.2, 0.25) is 5.91 Å². The normalized spacial score (nSPS) is 10.6. The van der Waals surface area contributed by atoms with E-state index in [2.05, 4.69) is 15.5 Å². The van der Waals surface area contributed by atoms with Crippen molar-refractivity contribution in [1.82, 2.24) is 15.2 Å². The Bertz CT molecular complexity index is 1240. The van der Waals surface area contributed by atoms with E-state index in [1.165, 1.54) is 11.8 Å². The first-order valence-corrected chi connectivity index (χ1v) is 11.9. The Morgan fingerprint density at radius 3 is 2.48 bits per heavy atom. The molecule has 2 aromatic carbocycles. The molecule has 0 aliphatic rings. The summed E-state index contributed by atoms with van der Waals surface area (Å²) >= 11 is 2.90. The average molecular weight is 479 g/mol. The van der Waals surface area contributed by atoms with E-state index < -0.39 is 0 Å². The van der Waals surface area contributed by atoms with Gasteiger partial charge in [-0.25, -0.2) is 4.98 Å². The smallest absolute Gasteiger partial charge is 0.234 e. The molecule has 4 rings (SSSR count). The summed E-state index contributed by atoms with van der Waals surface area (Å²) in [7, 11) is 3.25. The number of amides is 1. The van der Waals surface area contributed by atoms with Gasteiger partial charge in [0.1, 0.15) is 27.2 Å². The number of hydrogen-bond donors (Lipinski definition) is 1. The van der Waals surface area contributed by atoms with Crippen molar-refractivity contribution >= 4 is 34.7 Å². The van der Waals surface area contributed by atoms with Crippen LogP contribution in [0.5, 0.6) is 11.5 Å². The summed E-state index contributed by atoms with van der Waals surface area (Å²) in [6.07, 6.45) is 0. The van der Waals surface area contributed by atoms with E-state index in [1.54, 1.807) is 49.8 Å². The van der Waals surface area contributed by atoms with Gasteiger partial charge in [0.15, 0.2) is 0 Å². The second-order valence-corrected chi connectivity index (χ2v) is 8.98. The van der Waals surface area contributed by atoms with E-state index in [9.17, 15) is 4.79 Å². The highest BCUT2D eigenvalue weighted by molar-refractivity contribution is 7.99. The molecule has 7 nitrogen and oxygen atoms in total. The summed E-state index contributed by atoms with van der Waals surface area (Å²) in [6, 6.07) is 18.8. The maximum Gasteiger partial charge on any atom is 0.234 e. The molecule has 0 saturated carbocycles. The molecule has 33 heavy (non-hydrogen) atoms. The van der Waals surface area contributed by atoms with Crippen LogP contribution in [0, 0.1) is 6.92 Å². The summed E-state index contributed by atoms with van der Waals surface area (Å²) in [5.41, 5.74) is 3.37. The van der Waals surface area contributed by atoms with E-state index in [4.69, 9.17) is 14.5 Å². The summed E-state index contributed by atoms with van der Waals surface area (Å²) in [5, 5.41) is 13.1. The van der Waals surface area contributed by atoms with Gasteiger partial charge in [-0.1, -0.05) is 23.9 Å². The first kappa shape index (κ1) is 22.8. The van der Waals surface area contributed by atoms with Crippen LogP contribution in [0.2, 0.25) is 0 Å². The summed E-state index contributed by atoms with van der Waals surface area (Å²) in [5.74, 6) is 1.65. The SMILES string of the molecule is COc1ccc(NC(=O)CSc2ccc(-c3sc(-c4cccc(OC)c4)nc3C)nn2)cc1. The largest absolute Gasteiger partial charge is 0.497 e. The van der Waals surface area contributed by atoms with Gasteiger partial charge in [-0.2, -0.15) is 0 Å². The molecule has 0 unspecified atom stereocenters. The average Bonchev–Trinajstić information content (AvgIpc) is 3.25.